The van der Waals surface area contributed by atoms with Crippen molar-refractivity contribution in [2.45, 2.75) is 12.8 Å². The zero-order chi connectivity index (χ0) is 4.41. The van der Waals surface area contributed by atoms with Gasteiger partial charge in [-0.05, 0) is 0 Å². The second kappa shape index (κ2) is 1.26. The minimum atomic E-state index is 0.644. The van der Waals surface area contributed by atoms with Crippen LogP contribution in [0.5, 0.6) is 0 Å². The lowest BCUT2D eigenvalue weighted by molar-refractivity contribution is 0.675. The fourth-order valence-corrected chi connectivity index (χ4v) is 0.421. The molecule has 1 aliphatic rings. The van der Waals surface area contributed by atoms with Crippen LogP contribution in [0.1, 0.15) is 12.8 Å². The highest BCUT2D eigenvalue weighted by Gasteiger charge is 2.07. The van der Waals surface area contributed by atoms with Gasteiger partial charge in [-0.25, -0.2) is 0 Å². The fourth-order valence-electron chi connectivity index (χ4n) is 0.421. The maximum atomic E-state index is 3.71. The second-order valence-corrected chi connectivity index (χ2v) is 1.51. The van der Waals surface area contributed by atoms with Gasteiger partial charge in [-0.1, -0.05) is 5.92 Å². The molecule has 1 rings (SSSR count). The zero-order valence-electron chi connectivity index (χ0n) is 3.70. The third-order valence-electron chi connectivity index (χ3n) is 1.00. The van der Waals surface area contributed by atoms with Crippen LogP contribution in [-0.2, 0) is 0 Å². The van der Waals surface area contributed by atoms with Crippen molar-refractivity contribution in [3.63, 3.8) is 0 Å². The molecule has 0 fully saturated rings. The van der Waals surface area contributed by atoms with Gasteiger partial charge in [0.1, 0.15) is 0 Å². The summed E-state index contributed by atoms with van der Waals surface area (Å²) in [6, 6.07) is 0. The van der Waals surface area contributed by atoms with Crippen LogP contribution in [0.15, 0.2) is 0 Å². The molecule has 6 heavy (non-hydrogen) atoms. The average molecular weight is 79.1 g/mol. The molecule has 0 N–H and O–H groups in total. The highest BCUT2D eigenvalue weighted by atomic mass is 14.1. The van der Waals surface area contributed by atoms with E-state index in [4.69, 9.17) is 0 Å². The van der Waals surface area contributed by atoms with Gasteiger partial charge in [-0.2, -0.15) is 0 Å². The first-order valence-corrected chi connectivity index (χ1v) is 2.21. The SMILES string of the molecule is [CH2+]CC1C#CC1. The average Bonchev–Trinajstić information content (AvgIpc) is 1.31. The number of hydrogen-bond acceptors (Lipinski definition) is 0. The monoisotopic (exact) mass is 79.1 g/mol. The summed E-state index contributed by atoms with van der Waals surface area (Å²) in [6.07, 6.45) is 2.08. The van der Waals surface area contributed by atoms with Crippen LogP contribution < -0.4 is 0 Å². The Morgan fingerprint density at radius 2 is 2.50 bits per heavy atom. The predicted molar refractivity (Wildman–Crippen MR) is 25.9 cm³/mol. The van der Waals surface area contributed by atoms with Crippen molar-refractivity contribution in [1.29, 1.82) is 0 Å². The van der Waals surface area contributed by atoms with E-state index in [1.165, 1.54) is 0 Å². The van der Waals surface area contributed by atoms with Crippen molar-refractivity contribution in [3.05, 3.63) is 6.92 Å². The summed E-state index contributed by atoms with van der Waals surface area (Å²) in [5, 5.41) is 0. The van der Waals surface area contributed by atoms with E-state index < -0.39 is 0 Å². The first-order valence-electron chi connectivity index (χ1n) is 2.21. The summed E-state index contributed by atoms with van der Waals surface area (Å²) in [5.41, 5.74) is 0. The molecule has 0 saturated carbocycles. The van der Waals surface area contributed by atoms with E-state index in [1.807, 2.05) is 0 Å². The fraction of sp³-hybridized carbons (Fsp3) is 0.500. The van der Waals surface area contributed by atoms with Gasteiger partial charge in [0.2, 0.25) is 0 Å². The van der Waals surface area contributed by atoms with Crippen LogP contribution >= 0.6 is 0 Å². The quantitative estimate of drug-likeness (QED) is 0.327. The molecular weight excluding hydrogens is 72.1 g/mol. The maximum absolute atomic E-state index is 3.71. The van der Waals surface area contributed by atoms with Gasteiger partial charge in [0.25, 0.3) is 0 Å². The molecule has 0 radical (unpaired) electrons. The minimum absolute atomic E-state index is 0.644. The van der Waals surface area contributed by atoms with Crippen LogP contribution in [-0.4, -0.2) is 0 Å². The molecule has 1 unspecified atom stereocenters. The van der Waals surface area contributed by atoms with E-state index in [0.29, 0.717) is 5.92 Å². The third-order valence-corrected chi connectivity index (χ3v) is 1.00. The number of hydrogen-bond donors (Lipinski definition) is 0. The molecule has 30 valence electrons. The third kappa shape index (κ3) is 0.367. The van der Waals surface area contributed by atoms with E-state index in [9.17, 15) is 0 Å². The van der Waals surface area contributed by atoms with Crippen molar-refractivity contribution in [2.24, 2.45) is 5.92 Å². The van der Waals surface area contributed by atoms with Gasteiger partial charge < -0.3 is 0 Å². The maximum Gasteiger partial charge on any atom is 0.0997 e. The van der Waals surface area contributed by atoms with Crippen LogP contribution in [0.3, 0.4) is 0 Å². The molecule has 0 aromatic carbocycles. The van der Waals surface area contributed by atoms with E-state index in [0.717, 1.165) is 12.8 Å². The van der Waals surface area contributed by atoms with Crippen molar-refractivity contribution in [2.75, 3.05) is 0 Å². The Balaban J connectivity index is 2.29. The van der Waals surface area contributed by atoms with Crippen LogP contribution in [0.25, 0.3) is 0 Å². The Morgan fingerprint density at radius 1 is 1.83 bits per heavy atom. The highest BCUT2D eigenvalue weighted by Crippen LogP contribution is 2.10. The first kappa shape index (κ1) is 3.61. The van der Waals surface area contributed by atoms with Crippen molar-refractivity contribution < 1.29 is 0 Å². The molecular formula is C6H7+. The lowest BCUT2D eigenvalue weighted by Crippen LogP contribution is -1.99. The first-order chi connectivity index (χ1) is 2.93. The van der Waals surface area contributed by atoms with Crippen LogP contribution in [0.4, 0.5) is 0 Å². The molecule has 0 saturated heterocycles. The van der Waals surface area contributed by atoms with Gasteiger partial charge in [0.05, 0.1) is 19.3 Å². The largest absolute Gasteiger partial charge is 0.101 e. The molecule has 0 aromatic rings. The molecule has 0 heterocycles. The van der Waals surface area contributed by atoms with Crippen LogP contribution in [0.2, 0.25) is 0 Å². The smallest absolute Gasteiger partial charge is 0.0997 e. The topological polar surface area (TPSA) is 0 Å². The van der Waals surface area contributed by atoms with Gasteiger partial charge in [-0.3, -0.25) is 0 Å². The predicted octanol–water partition coefficient (Wildman–Crippen LogP) is 1.23. The molecule has 0 aliphatic heterocycles. The summed E-state index contributed by atoms with van der Waals surface area (Å²) in [4.78, 5) is 0. The normalized spacial score (nSPS) is 27.0. The zero-order valence-corrected chi connectivity index (χ0v) is 3.70. The minimum Gasteiger partial charge on any atom is -0.101 e. The summed E-state index contributed by atoms with van der Waals surface area (Å²) in [7, 11) is 0. The van der Waals surface area contributed by atoms with E-state index in [1.54, 1.807) is 0 Å². The van der Waals surface area contributed by atoms with E-state index in [-0.39, 0.29) is 0 Å². The Bertz CT molecular complexity index is 92.3. The molecule has 1 atom stereocenters. The van der Waals surface area contributed by atoms with Crippen molar-refractivity contribution in [1.82, 2.24) is 0 Å². The summed E-state index contributed by atoms with van der Waals surface area (Å²) in [5.74, 6) is 6.55. The summed E-state index contributed by atoms with van der Waals surface area (Å²) < 4.78 is 0. The molecule has 1 aliphatic carbocycles. The molecule has 0 spiro atoms. The van der Waals surface area contributed by atoms with Crippen LogP contribution in [0, 0.1) is 24.7 Å². The van der Waals surface area contributed by atoms with E-state index in [2.05, 4.69) is 18.8 Å². The molecule has 0 amide bonds. The molecule has 0 nitrogen and oxygen atoms in total. The van der Waals surface area contributed by atoms with Gasteiger partial charge in [0.15, 0.2) is 0 Å². The summed E-state index contributed by atoms with van der Waals surface area (Å²) in [6.45, 7) is 3.71. The van der Waals surface area contributed by atoms with Gasteiger partial charge in [-0.15, -0.1) is 5.92 Å². The van der Waals surface area contributed by atoms with Crippen molar-refractivity contribution >= 4 is 0 Å². The Kier molecular flexibility index (Phi) is 0.759. The van der Waals surface area contributed by atoms with Crippen molar-refractivity contribution in [3.8, 4) is 11.8 Å². The van der Waals surface area contributed by atoms with Gasteiger partial charge in [0, 0.05) is 6.42 Å². The Hall–Kier alpha value is -0.570. The second-order valence-electron chi connectivity index (χ2n) is 1.51. The number of rotatable bonds is 1. The molecule has 0 bridgehead atoms. The Labute approximate surface area is 38.6 Å². The van der Waals surface area contributed by atoms with Gasteiger partial charge >= 0.3 is 0 Å². The lowest BCUT2D eigenvalue weighted by atomic mass is 9.97. The molecule has 0 heteroatoms. The standard InChI is InChI=1S/C6H7/c1-2-6-4-3-5-6/h6H,1-2,4H2/q+1. The van der Waals surface area contributed by atoms with E-state index >= 15 is 0 Å². The molecule has 0 aromatic heterocycles. The Morgan fingerprint density at radius 3 is 2.50 bits per heavy atom. The lowest BCUT2D eigenvalue weighted by Gasteiger charge is -2.03. The highest BCUT2D eigenvalue weighted by molar-refractivity contribution is 5.16. The summed E-state index contributed by atoms with van der Waals surface area (Å²) >= 11 is 0.